The minimum atomic E-state index is -3.83. The van der Waals surface area contributed by atoms with E-state index >= 15 is 0 Å². The van der Waals surface area contributed by atoms with Crippen LogP contribution in [-0.4, -0.2) is 44.5 Å². The van der Waals surface area contributed by atoms with Gasteiger partial charge in [0.2, 0.25) is 10.0 Å². The zero-order valence-corrected chi connectivity index (χ0v) is 11.5. The Hall–Kier alpha value is -1.86. The molecule has 0 heterocycles. The zero-order chi connectivity index (χ0) is 14.6. The van der Waals surface area contributed by atoms with Gasteiger partial charge in [-0.15, -0.1) is 6.58 Å². The second-order valence-electron chi connectivity index (χ2n) is 3.75. The van der Waals surface area contributed by atoms with Gasteiger partial charge in [-0.05, 0) is 18.2 Å². The van der Waals surface area contributed by atoms with Crippen molar-refractivity contribution in [2.24, 2.45) is 0 Å². The summed E-state index contributed by atoms with van der Waals surface area (Å²) in [5.74, 6) is -1.11. The molecular weight excluding hydrogens is 270 g/mol. The molecule has 0 aliphatic rings. The van der Waals surface area contributed by atoms with Crippen molar-refractivity contribution in [1.82, 2.24) is 4.31 Å². The third-order valence-corrected chi connectivity index (χ3v) is 4.33. The van der Waals surface area contributed by atoms with Crippen LogP contribution in [0.2, 0.25) is 0 Å². The first-order chi connectivity index (χ1) is 8.84. The number of rotatable bonds is 6. The van der Waals surface area contributed by atoms with Crippen molar-refractivity contribution in [3.8, 4) is 5.75 Å². The molecule has 0 unspecified atom stereocenters. The van der Waals surface area contributed by atoms with Gasteiger partial charge in [-0.3, -0.25) is 0 Å². The zero-order valence-electron chi connectivity index (χ0n) is 10.7. The monoisotopic (exact) mass is 285 g/mol. The fraction of sp³-hybridized carbons (Fsp3) is 0.250. The number of ether oxygens (including phenoxy) is 1. The molecule has 0 bridgehead atoms. The summed E-state index contributed by atoms with van der Waals surface area (Å²) >= 11 is 0. The van der Waals surface area contributed by atoms with Gasteiger partial charge in [0.15, 0.2) is 0 Å². The SMILES string of the molecule is C=CCN(C)S(=O)(=O)c1cc(C(=O)O)ccc1OC. The number of benzene rings is 1. The number of sulfonamides is 1. The number of aromatic carboxylic acids is 1. The van der Waals surface area contributed by atoms with Crippen molar-refractivity contribution in [1.29, 1.82) is 0 Å². The lowest BCUT2D eigenvalue weighted by Crippen LogP contribution is -2.27. The highest BCUT2D eigenvalue weighted by atomic mass is 32.2. The summed E-state index contributed by atoms with van der Waals surface area (Å²) in [6.07, 6.45) is 1.44. The van der Waals surface area contributed by atoms with Crippen molar-refractivity contribution < 1.29 is 23.1 Å². The fourth-order valence-corrected chi connectivity index (χ4v) is 2.78. The highest BCUT2D eigenvalue weighted by molar-refractivity contribution is 7.89. The number of methoxy groups -OCH3 is 1. The van der Waals surface area contributed by atoms with Crippen molar-refractivity contribution in [2.45, 2.75) is 4.90 Å². The Labute approximate surface area is 112 Å². The van der Waals surface area contributed by atoms with Gasteiger partial charge in [-0.25, -0.2) is 13.2 Å². The van der Waals surface area contributed by atoms with Crippen LogP contribution >= 0.6 is 0 Å². The summed E-state index contributed by atoms with van der Waals surface area (Å²) in [7, 11) is -1.13. The summed E-state index contributed by atoms with van der Waals surface area (Å²) < 4.78 is 30.6. The van der Waals surface area contributed by atoms with Gasteiger partial charge >= 0.3 is 5.97 Å². The Bertz CT molecular complexity index is 594. The molecule has 7 heteroatoms. The van der Waals surface area contributed by atoms with Crippen LogP contribution in [0.1, 0.15) is 10.4 Å². The molecule has 0 saturated heterocycles. The highest BCUT2D eigenvalue weighted by Gasteiger charge is 2.25. The van der Waals surface area contributed by atoms with Crippen LogP contribution in [-0.2, 0) is 10.0 Å². The molecule has 0 amide bonds. The summed E-state index contributed by atoms with van der Waals surface area (Å²) in [6.45, 7) is 3.58. The van der Waals surface area contributed by atoms with Gasteiger partial charge in [0.05, 0.1) is 12.7 Å². The van der Waals surface area contributed by atoms with Gasteiger partial charge < -0.3 is 9.84 Å². The standard InChI is InChI=1S/C12H15NO5S/c1-4-7-13(2)19(16,17)11-8-9(12(14)15)5-6-10(11)18-3/h4-6,8H,1,7H2,2-3H3,(H,14,15). The number of carbonyl (C=O) groups is 1. The summed E-state index contributed by atoms with van der Waals surface area (Å²) in [6, 6.07) is 3.68. The number of nitrogens with zero attached hydrogens (tertiary/aromatic N) is 1. The van der Waals surface area contributed by atoms with Gasteiger partial charge in [0.1, 0.15) is 10.6 Å². The second-order valence-corrected chi connectivity index (χ2v) is 5.76. The lowest BCUT2D eigenvalue weighted by atomic mass is 10.2. The van der Waals surface area contributed by atoms with Crippen molar-refractivity contribution in [2.75, 3.05) is 20.7 Å². The number of carboxylic acids is 1. The average molecular weight is 285 g/mol. The normalized spacial score (nSPS) is 11.3. The highest BCUT2D eigenvalue weighted by Crippen LogP contribution is 2.27. The predicted molar refractivity (Wildman–Crippen MR) is 70.0 cm³/mol. The van der Waals surface area contributed by atoms with E-state index < -0.39 is 16.0 Å². The quantitative estimate of drug-likeness (QED) is 0.794. The molecule has 1 aromatic rings. The first-order valence-corrected chi connectivity index (χ1v) is 6.77. The van der Waals surface area contributed by atoms with Crippen LogP contribution in [0.25, 0.3) is 0 Å². The summed E-state index contributed by atoms with van der Waals surface area (Å²) in [5.41, 5.74) is -0.119. The molecule has 1 aromatic carbocycles. The van der Waals surface area contributed by atoms with E-state index in [1.54, 1.807) is 0 Å². The molecule has 0 saturated carbocycles. The van der Waals surface area contributed by atoms with E-state index in [4.69, 9.17) is 9.84 Å². The predicted octanol–water partition coefficient (Wildman–Crippen LogP) is 1.20. The molecule has 0 aliphatic carbocycles. The molecule has 0 atom stereocenters. The Balaban J connectivity index is 3.42. The van der Waals surface area contributed by atoms with Gasteiger partial charge in [-0.2, -0.15) is 4.31 Å². The number of carboxylic acid groups (broad SMARTS) is 1. The lowest BCUT2D eigenvalue weighted by molar-refractivity contribution is 0.0696. The van der Waals surface area contributed by atoms with E-state index in [0.717, 1.165) is 10.4 Å². The Morgan fingerprint density at radius 3 is 2.63 bits per heavy atom. The minimum absolute atomic E-state index is 0.0981. The van der Waals surface area contributed by atoms with Crippen LogP contribution in [0.15, 0.2) is 35.7 Å². The van der Waals surface area contributed by atoms with Crippen molar-refractivity contribution in [3.63, 3.8) is 0 Å². The topological polar surface area (TPSA) is 83.9 Å². The van der Waals surface area contributed by atoms with E-state index in [0.29, 0.717) is 0 Å². The van der Waals surface area contributed by atoms with E-state index in [1.807, 2.05) is 0 Å². The Morgan fingerprint density at radius 2 is 2.16 bits per heavy atom. The minimum Gasteiger partial charge on any atom is -0.495 e. The second kappa shape index (κ2) is 5.85. The fourth-order valence-electron chi connectivity index (χ4n) is 1.46. The molecule has 6 nitrogen and oxygen atoms in total. The van der Waals surface area contributed by atoms with Gasteiger partial charge in [0, 0.05) is 13.6 Å². The maximum absolute atomic E-state index is 12.3. The molecule has 0 radical (unpaired) electrons. The van der Waals surface area contributed by atoms with Crippen LogP contribution in [0.5, 0.6) is 5.75 Å². The number of hydrogen-bond acceptors (Lipinski definition) is 4. The van der Waals surface area contributed by atoms with E-state index in [1.165, 1.54) is 32.4 Å². The molecule has 0 fully saturated rings. The van der Waals surface area contributed by atoms with Crippen LogP contribution in [0.3, 0.4) is 0 Å². The third-order valence-electron chi connectivity index (χ3n) is 2.49. The van der Waals surface area contributed by atoms with E-state index in [9.17, 15) is 13.2 Å². The molecule has 1 N–H and O–H groups in total. The average Bonchev–Trinajstić information content (AvgIpc) is 2.38. The first kappa shape index (κ1) is 15.2. The molecule has 0 aromatic heterocycles. The first-order valence-electron chi connectivity index (χ1n) is 5.33. The molecule has 1 rings (SSSR count). The maximum atomic E-state index is 12.3. The van der Waals surface area contributed by atoms with Crippen LogP contribution < -0.4 is 4.74 Å². The third kappa shape index (κ3) is 3.12. The molecule has 0 aliphatic heterocycles. The molecular formula is C12H15NO5S. The van der Waals surface area contributed by atoms with Crippen molar-refractivity contribution >= 4 is 16.0 Å². The Morgan fingerprint density at radius 1 is 1.53 bits per heavy atom. The van der Waals surface area contributed by atoms with E-state index in [-0.39, 0.29) is 22.8 Å². The van der Waals surface area contributed by atoms with E-state index in [2.05, 4.69) is 6.58 Å². The summed E-state index contributed by atoms with van der Waals surface area (Å²) in [4.78, 5) is 10.7. The van der Waals surface area contributed by atoms with Crippen LogP contribution in [0.4, 0.5) is 0 Å². The Kier molecular flexibility index (Phi) is 4.68. The molecule has 104 valence electrons. The van der Waals surface area contributed by atoms with Gasteiger partial charge in [-0.1, -0.05) is 6.08 Å². The van der Waals surface area contributed by atoms with Gasteiger partial charge in [0.25, 0.3) is 0 Å². The van der Waals surface area contributed by atoms with Crippen LogP contribution in [0, 0.1) is 0 Å². The largest absolute Gasteiger partial charge is 0.495 e. The number of hydrogen-bond donors (Lipinski definition) is 1. The molecule has 19 heavy (non-hydrogen) atoms. The number of likely N-dealkylation sites (N-methyl/N-ethyl adjacent to an activating group) is 1. The smallest absolute Gasteiger partial charge is 0.335 e. The van der Waals surface area contributed by atoms with Crippen molar-refractivity contribution in [3.05, 3.63) is 36.4 Å². The molecule has 0 spiro atoms. The maximum Gasteiger partial charge on any atom is 0.335 e. The summed E-state index contributed by atoms with van der Waals surface area (Å²) in [5, 5.41) is 8.92. The lowest BCUT2D eigenvalue weighted by Gasteiger charge is -2.17.